The van der Waals surface area contributed by atoms with E-state index in [-0.39, 0.29) is 6.03 Å². The zero-order valence-corrected chi connectivity index (χ0v) is 10.9. The quantitative estimate of drug-likeness (QED) is 0.845. The van der Waals surface area contributed by atoms with E-state index in [9.17, 15) is 4.79 Å². The lowest BCUT2D eigenvalue weighted by atomic mass is 10.1. The van der Waals surface area contributed by atoms with Crippen LogP contribution in [0.3, 0.4) is 0 Å². The third-order valence-corrected chi connectivity index (χ3v) is 3.34. The minimum absolute atomic E-state index is 0.230. The molecule has 1 aromatic carbocycles. The van der Waals surface area contributed by atoms with E-state index in [1.165, 1.54) is 25.7 Å². The van der Waals surface area contributed by atoms with Gasteiger partial charge >= 0.3 is 6.03 Å². The van der Waals surface area contributed by atoms with Crippen molar-refractivity contribution in [2.45, 2.75) is 25.7 Å². The van der Waals surface area contributed by atoms with Crippen molar-refractivity contribution in [1.82, 2.24) is 5.32 Å². The number of amides is 2. The Hall–Kier alpha value is -1.48. The number of allylic oxidation sites excluding steroid dienone is 1. The molecular formula is C14H17ClN2O. The zero-order chi connectivity index (χ0) is 12.8. The summed E-state index contributed by atoms with van der Waals surface area (Å²) in [5.74, 6) is 0.626. The monoisotopic (exact) mass is 264 g/mol. The standard InChI is InChI=1S/C14H17ClN2O/c15-12-5-7-13(8-6-12)17-14(18)16-10-9-11-3-1-2-4-11/h5-11H,1-4H2,(H2,16,17,18)/b10-9+. The molecule has 0 saturated heterocycles. The Morgan fingerprint density at radius 2 is 1.89 bits per heavy atom. The molecule has 2 amide bonds. The summed E-state index contributed by atoms with van der Waals surface area (Å²) in [5, 5.41) is 6.10. The van der Waals surface area contributed by atoms with E-state index in [4.69, 9.17) is 11.6 Å². The summed E-state index contributed by atoms with van der Waals surface area (Å²) in [6.45, 7) is 0. The van der Waals surface area contributed by atoms with E-state index in [0.29, 0.717) is 10.9 Å². The fourth-order valence-electron chi connectivity index (χ4n) is 2.11. The fourth-order valence-corrected chi connectivity index (χ4v) is 2.24. The maximum Gasteiger partial charge on any atom is 0.323 e. The molecule has 0 aliphatic heterocycles. The number of carbonyl (C=O) groups excluding carboxylic acids is 1. The molecule has 0 spiro atoms. The van der Waals surface area contributed by atoms with Crippen molar-refractivity contribution < 1.29 is 4.79 Å². The van der Waals surface area contributed by atoms with Crippen LogP contribution in [-0.2, 0) is 0 Å². The molecule has 3 nitrogen and oxygen atoms in total. The molecule has 1 aromatic rings. The normalized spacial score (nSPS) is 16.1. The smallest absolute Gasteiger partial charge is 0.315 e. The maximum absolute atomic E-state index is 11.6. The molecule has 1 aliphatic carbocycles. The van der Waals surface area contributed by atoms with E-state index < -0.39 is 0 Å². The summed E-state index contributed by atoms with van der Waals surface area (Å²) in [4.78, 5) is 11.6. The van der Waals surface area contributed by atoms with Gasteiger partial charge in [-0.3, -0.25) is 0 Å². The molecular weight excluding hydrogens is 248 g/mol. The molecule has 0 heterocycles. The Balaban J connectivity index is 1.76. The Morgan fingerprint density at radius 1 is 1.22 bits per heavy atom. The number of hydrogen-bond donors (Lipinski definition) is 2. The number of halogens is 1. The van der Waals surface area contributed by atoms with Crippen LogP contribution in [0.25, 0.3) is 0 Å². The number of anilines is 1. The van der Waals surface area contributed by atoms with Crippen LogP contribution in [0, 0.1) is 5.92 Å². The first kappa shape index (κ1) is 13.0. The van der Waals surface area contributed by atoms with E-state index >= 15 is 0 Å². The van der Waals surface area contributed by atoms with Crippen LogP contribution >= 0.6 is 11.6 Å². The van der Waals surface area contributed by atoms with E-state index in [0.717, 1.165) is 5.69 Å². The van der Waals surface area contributed by atoms with Gasteiger partial charge in [0.15, 0.2) is 0 Å². The molecule has 1 fully saturated rings. The molecule has 0 atom stereocenters. The van der Waals surface area contributed by atoms with Gasteiger partial charge in [0.05, 0.1) is 0 Å². The van der Waals surface area contributed by atoms with Gasteiger partial charge in [0.2, 0.25) is 0 Å². The number of rotatable bonds is 3. The Morgan fingerprint density at radius 3 is 2.56 bits per heavy atom. The van der Waals surface area contributed by atoms with Crippen LogP contribution in [0.1, 0.15) is 25.7 Å². The lowest BCUT2D eigenvalue weighted by Crippen LogP contribution is -2.23. The molecule has 2 rings (SSSR count). The first-order valence-electron chi connectivity index (χ1n) is 6.24. The van der Waals surface area contributed by atoms with Gasteiger partial charge in [-0.25, -0.2) is 4.79 Å². The highest BCUT2D eigenvalue weighted by Crippen LogP contribution is 2.25. The van der Waals surface area contributed by atoms with Gasteiger partial charge in [-0.15, -0.1) is 0 Å². The highest BCUT2D eigenvalue weighted by atomic mass is 35.5. The second-order valence-electron chi connectivity index (χ2n) is 4.51. The van der Waals surface area contributed by atoms with Crippen molar-refractivity contribution in [2.24, 2.45) is 5.92 Å². The minimum atomic E-state index is -0.230. The summed E-state index contributed by atoms with van der Waals surface area (Å²) < 4.78 is 0. The summed E-state index contributed by atoms with van der Waals surface area (Å²) in [6, 6.07) is 6.79. The molecule has 0 radical (unpaired) electrons. The molecule has 0 bridgehead atoms. The lowest BCUT2D eigenvalue weighted by Gasteiger charge is -2.05. The van der Waals surface area contributed by atoms with Crippen LogP contribution in [0.4, 0.5) is 10.5 Å². The molecule has 2 N–H and O–H groups in total. The van der Waals surface area contributed by atoms with Gasteiger partial charge in [-0.05, 0) is 43.0 Å². The summed E-state index contributed by atoms with van der Waals surface area (Å²) in [5.41, 5.74) is 0.728. The van der Waals surface area contributed by atoms with E-state index in [1.54, 1.807) is 30.5 Å². The molecule has 1 aliphatic rings. The Bertz CT molecular complexity index is 422. The van der Waals surface area contributed by atoms with E-state index in [2.05, 4.69) is 16.7 Å². The molecule has 0 unspecified atom stereocenters. The van der Waals surface area contributed by atoms with Gasteiger partial charge in [-0.1, -0.05) is 30.5 Å². The second-order valence-corrected chi connectivity index (χ2v) is 4.95. The van der Waals surface area contributed by atoms with Gasteiger partial charge < -0.3 is 10.6 Å². The average molecular weight is 265 g/mol. The predicted octanol–water partition coefficient (Wildman–Crippen LogP) is 4.17. The highest BCUT2D eigenvalue weighted by molar-refractivity contribution is 6.30. The first-order chi connectivity index (χ1) is 8.74. The van der Waals surface area contributed by atoms with Gasteiger partial charge in [-0.2, -0.15) is 0 Å². The van der Waals surface area contributed by atoms with Crippen molar-refractivity contribution in [1.29, 1.82) is 0 Å². The summed E-state index contributed by atoms with van der Waals surface area (Å²) in [7, 11) is 0. The molecule has 4 heteroatoms. The molecule has 0 aromatic heterocycles. The maximum atomic E-state index is 11.6. The van der Waals surface area contributed by atoms with Crippen LogP contribution in [0.2, 0.25) is 5.02 Å². The van der Waals surface area contributed by atoms with Crippen LogP contribution in [-0.4, -0.2) is 6.03 Å². The van der Waals surface area contributed by atoms with Gasteiger partial charge in [0.25, 0.3) is 0 Å². The number of nitrogens with one attached hydrogen (secondary N) is 2. The summed E-state index contributed by atoms with van der Waals surface area (Å²) in [6.07, 6.45) is 8.88. The van der Waals surface area contributed by atoms with Crippen molar-refractivity contribution in [3.63, 3.8) is 0 Å². The van der Waals surface area contributed by atoms with Gasteiger partial charge in [0, 0.05) is 16.9 Å². The van der Waals surface area contributed by atoms with Crippen molar-refractivity contribution >= 4 is 23.3 Å². The van der Waals surface area contributed by atoms with Crippen molar-refractivity contribution in [3.8, 4) is 0 Å². The first-order valence-corrected chi connectivity index (χ1v) is 6.61. The number of hydrogen-bond acceptors (Lipinski definition) is 1. The van der Waals surface area contributed by atoms with Crippen molar-refractivity contribution in [2.75, 3.05) is 5.32 Å². The molecule has 18 heavy (non-hydrogen) atoms. The SMILES string of the molecule is O=C(N/C=C/C1CCCC1)Nc1ccc(Cl)cc1. The number of carbonyl (C=O) groups is 1. The predicted molar refractivity (Wildman–Crippen MR) is 74.7 cm³/mol. The van der Waals surface area contributed by atoms with Crippen LogP contribution in [0.15, 0.2) is 36.5 Å². The molecule has 96 valence electrons. The Kier molecular flexibility index (Phi) is 4.65. The largest absolute Gasteiger partial charge is 0.323 e. The topological polar surface area (TPSA) is 41.1 Å². The third kappa shape index (κ3) is 4.08. The Labute approximate surface area is 112 Å². The lowest BCUT2D eigenvalue weighted by molar-refractivity contribution is 0.255. The number of benzene rings is 1. The zero-order valence-electron chi connectivity index (χ0n) is 10.2. The highest BCUT2D eigenvalue weighted by Gasteiger charge is 2.11. The van der Waals surface area contributed by atoms with Crippen LogP contribution in [0.5, 0.6) is 0 Å². The molecule has 1 saturated carbocycles. The minimum Gasteiger partial charge on any atom is -0.315 e. The second kappa shape index (κ2) is 6.45. The van der Waals surface area contributed by atoms with Crippen molar-refractivity contribution in [3.05, 3.63) is 41.6 Å². The number of urea groups is 1. The van der Waals surface area contributed by atoms with Crippen LogP contribution < -0.4 is 10.6 Å². The van der Waals surface area contributed by atoms with E-state index in [1.807, 2.05) is 0 Å². The average Bonchev–Trinajstić information content (AvgIpc) is 2.85. The fraction of sp³-hybridized carbons (Fsp3) is 0.357. The van der Waals surface area contributed by atoms with Gasteiger partial charge in [0.1, 0.15) is 0 Å². The summed E-state index contributed by atoms with van der Waals surface area (Å²) >= 11 is 5.76. The third-order valence-electron chi connectivity index (χ3n) is 3.08.